The zero-order valence-electron chi connectivity index (χ0n) is 10.9. The Labute approximate surface area is 95.2 Å². The molecular weight excluding hydrogens is 184 g/mol. The quantitative estimate of drug-likeness (QED) is 0.776. The number of likely N-dealkylation sites (N-methyl/N-ethyl adjacent to an activating group) is 1. The van der Waals surface area contributed by atoms with Crippen LogP contribution in [0.25, 0.3) is 0 Å². The Bertz CT molecular complexity index is 177. The Morgan fingerprint density at radius 3 is 2.20 bits per heavy atom. The summed E-state index contributed by atoms with van der Waals surface area (Å²) >= 11 is 0. The van der Waals surface area contributed by atoms with Crippen LogP contribution in [-0.2, 0) is 0 Å². The van der Waals surface area contributed by atoms with Crippen LogP contribution in [-0.4, -0.2) is 31.1 Å². The van der Waals surface area contributed by atoms with Crippen LogP contribution in [0, 0.1) is 11.3 Å². The maximum Gasteiger partial charge on any atom is 0.0243 e. The molecule has 2 heteroatoms. The highest BCUT2D eigenvalue weighted by atomic mass is 15.1. The minimum absolute atomic E-state index is 0.376. The molecule has 0 bridgehead atoms. The van der Waals surface area contributed by atoms with Crippen molar-refractivity contribution in [1.82, 2.24) is 4.90 Å². The van der Waals surface area contributed by atoms with E-state index in [0.717, 1.165) is 19.0 Å². The second-order valence-electron chi connectivity index (χ2n) is 6.32. The van der Waals surface area contributed by atoms with Gasteiger partial charge in [-0.1, -0.05) is 33.6 Å². The number of hydrogen-bond donors (Lipinski definition) is 1. The molecule has 2 N–H and O–H groups in total. The van der Waals surface area contributed by atoms with E-state index in [-0.39, 0.29) is 0 Å². The average Bonchev–Trinajstić information content (AvgIpc) is 2.54. The first-order valence-corrected chi connectivity index (χ1v) is 6.34. The lowest BCUT2D eigenvalue weighted by Crippen LogP contribution is -2.45. The topological polar surface area (TPSA) is 29.3 Å². The highest BCUT2D eigenvalue weighted by molar-refractivity contribution is 4.84. The average molecular weight is 212 g/mol. The second-order valence-corrected chi connectivity index (χ2v) is 6.32. The first-order chi connectivity index (χ1) is 6.94. The summed E-state index contributed by atoms with van der Waals surface area (Å²) in [5, 5.41) is 0. The summed E-state index contributed by atoms with van der Waals surface area (Å²) in [4.78, 5) is 2.48. The second kappa shape index (κ2) is 5.31. The molecule has 1 unspecified atom stereocenters. The summed E-state index contributed by atoms with van der Waals surface area (Å²) in [6.45, 7) is 8.85. The Kier molecular flexibility index (Phi) is 4.60. The van der Waals surface area contributed by atoms with Gasteiger partial charge in [-0.3, -0.25) is 0 Å². The molecule has 90 valence electrons. The fourth-order valence-electron chi connectivity index (χ4n) is 2.94. The van der Waals surface area contributed by atoms with E-state index in [4.69, 9.17) is 5.73 Å². The van der Waals surface area contributed by atoms with Crippen molar-refractivity contribution in [3.05, 3.63) is 0 Å². The van der Waals surface area contributed by atoms with Crippen LogP contribution in [0.5, 0.6) is 0 Å². The predicted molar refractivity (Wildman–Crippen MR) is 66.9 cm³/mol. The van der Waals surface area contributed by atoms with Crippen LogP contribution < -0.4 is 5.73 Å². The third-order valence-corrected chi connectivity index (χ3v) is 3.48. The summed E-state index contributed by atoms with van der Waals surface area (Å²) in [6.07, 6.45) is 5.59. The number of nitrogens with two attached hydrogens (primary N) is 1. The smallest absolute Gasteiger partial charge is 0.0243 e. The molecule has 1 aliphatic carbocycles. The molecule has 1 atom stereocenters. The van der Waals surface area contributed by atoms with E-state index < -0.39 is 0 Å². The molecule has 0 amide bonds. The lowest BCUT2D eigenvalue weighted by atomic mass is 9.92. The molecule has 0 heterocycles. The van der Waals surface area contributed by atoms with Crippen LogP contribution in [0.2, 0.25) is 0 Å². The van der Waals surface area contributed by atoms with Crippen molar-refractivity contribution < 1.29 is 0 Å². The van der Waals surface area contributed by atoms with Gasteiger partial charge in [-0.2, -0.15) is 0 Å². The Balaban J connectivity index is 2.49. The summed E-state index contributed by atoms with van der Waals surface area (Å²) in [7, 11) is 2.24. The molecular formula is C13H28N2. The molecule has 1 rings (SSSR count). The van der Waals surface area contributed by atoms with Crippen LogP contribution >= 0.6 is 0 Å². The van der Waals surface area contributed by atoms with Crippen molar-refractivity contribution in [1.29, 1.82) is 0 Å². The lowest BCUT2D eigenvalue weighted by Gasteiger charge is -2.36. The first kappa shape index (κ1) is 13.0. The molecule has 0 aromatic carbocycles. The molecule has 0 saturated heterocycles. The van der Waals surface area contributed by atoms with Crippen LogP contribution in [0.1, 0.15) is 46.5 Å². The van der Waals surface area contributed by atoms with Crippen molar-refractivity contribution in [2.75, 3.05) is 20.1 Å². The molecule has 2 nitrogen and oxygen atoms in total. The van der Waals surface area contributed by atoms with Gasteiger partial charge in [0.1, 0.15) is 0 Å². The Morgan fingerprint density at radius 2 is 1.80 bits per heavy atom. The van der Waals surface area contributed by atoms with Crippen molar-refractivity contribution in [2.24, 2.45) is 17.1 Å². The summed E-state index contributed by atoms with van der Waals surface area (Å²) in [6, 6.07) is 0.603. The largest absolute Gasteiger partial charge is 0.329 e. The third kappa shape index (κ3) is 4.12. The maximum absolute atomic E-state index is 5.93. The fraction of sp³-hybridized carbons (Fsp3) is 1.00. The summed E-state index contributed by atoms with van der Waals surface area (Å²) < 4.78 is 0. The molecule has 1 aliphatic rings. The zero-order valence-corrected chi connectivity index (χ0v) is 10.9. The molecule has 0 radical (unpaired) electrons. The van der Waals surface area contributed by atoms with Gasteiger partial charge in [0, 0.05) is 19.1 Å². The predicted octanol–water partition coefficient (Wildman–Crippen LogP) is 2.48. The minimum Gasteiger partial charge on any atom is -0.329 e. The van der Waals surface area contributed by atoms with E-state index in [2.05, 4.69) is 32.7 Å². The van der Waals surface area contributed by atoms with Crippen LogP contribution in [0.3, 0.4) is 0 Å². The van der Waals surface area contributed by atoms with Gasteiger partial charge in [0.2, 0.25) is 0 Å². The minimum atomic E-state index is 0.376. The SMILES string of the molecule is CN(CC(C)(C)C)C(CN)C1CCCC1. The van der Waals surface area contributed by atoms with E-state index in [9.17, 15) is 0 Å². The zero-order chi connectivity index (χ0) is 11.5. The van der Waals surface area contributed by atoms with Crippen molar-refractivity contribution in [2.45, 2.75) is 52.5 Å². The van der Waals surface area contributed by atoms with Gasteiger partial charge in [0.05, 0.1) is 0 Å². The van der Waals surface area contributed by atoms with Crippen LogP contribution in [0.4, 0.5) is 0 Å². The van der Waals surface area contributed by atoms with E-state index >= 15 is 0 Å². The van der Waals surface area contributed by atoms with Gasteiger partial charge < -0.3 is 10.6 Å². The van der Waals surface area contributed by atoms with Gasteiger partial charge in [0.25, 0.3) is 0 Å². The van der Waals surface area contributed by atoms with E-state index in [0.29, 0.717) is 11.5 Å². The van der Waals surface area contributed by atoms with E-state index in [1.165, 1.54) is 25.7 Å². The number of nitrogens with zero attached hydrogens (tertiary/aromatic N) is 1. The van der Waals surface area contributed by atoms with Gasteiger partial charge in [-0.15, -0.1) is 0 Å². The fourth-order valence-corrected chi connectivity index (χ4v) is 2.94. The number of rotatable bonds is 4. The van der Waals surface area contributed by atoms with Crippen molar-refractivity contribution in [3.63, 3.8) is 0 Å². The molecule has 0 aromatic heterocycles. The van der Waals surface area contributed by atoms with Gasteiger partial charge in [-0.25, -0.2) is 0 Å². The molecule has 1 saturated carbocycles. The van der Waals surface area contributed by atoms with E-state index in [1.54, 1.807) is 0 Å². The Morgan fingerprint density at radius 1 is 1.27 bits per heavy atom. The molecule has 1 fully saturated rings. The van der Waals surface area contributed by atoms with E-state index in [1.807, 2.05) is 0 Å². The van der Waals surface area contributed by atoms with Crippen molar-refractivity contribution in [3.8, 4) is 0 Å². The summed E-state index contributed by atoms with van der Waals surface area (Å²) in [5.41, 5.74) is 6.31. The van der Waals surface area contributed by atoms with Gasteiger partial charge in [0.15, 0.2) is 0 Å². The van der Waals surface area contributed by atoms with Crippen molar-refractivity contribution >= 4 is 0 Å². The van der Waals surface area contributed by atoms with Gasteiger partial charge in [-0.05, 0) is 31.2 Å². The third-order valence-electron chi connectivity index (χ3n) is 3.48. The maximum atomic E-state index is 5.93. The Hall–Kier alpha value is -0.0800. The molecule has 0 aliphatic heterocycles. The lowest BCUT2D eigenvalue weighted by molar-refractivity contribution is 0.133. The normalized spacial score (nSPS) is 21.2. The highest BCUT2D eigenvalue weighted by Gasteiger charge is 2.28. The molecule has 0 aromatic rings. The highest BCUT2D eigenvalue weighted by Crippen LogP contribution is 2.30. The standard InChI is InChI=1S/C13H28N2/c1-13(2,3)10-15(4)12(9-14)11-7-5-6-8-11/h11-12H,5-10,14H2,1-4H3. The monoisotopic (exact) mass is 212 g/mol. The molecule has 15 heavy (non-hydrogen) atoms. The van der Waals surface area contributed by atoms with Gasteiger partial charge >= 0.3 is 0 Å². The van der Waals surface area contributed by atoms with Crippen LogP contribution in [0.15, 0.2) is 0 Å². The first-order valence-electron chi connectivity index (χ1n) is 6.34. The summed E-state index contributed by atoms with van der Waals surface area (Å²) in [5.74, 6) is 0.849. The number of hydrogen-bond acceptors (Lipinski definition) is 2. The molecule has 0 spiro atoms.